The first-order chi connectivity index (χ1) is 12.5. The lowest BCUT2D eigenvalue weighted by Crippen LogP contribution is -2.57. The average molecular weight is 375 g/mol. The summed E-state index contributed by atoms with van der Waals surface area (Å²) in [6.07, 6.45) is 2.44. The summed E-state index contributed by atoms with van der Waals surface area (Å²) in [5.74, 6) is -0.129. The summed E-state index contributed by atoms with van der Waals surface area (Å²) < 4.78 is 1.22. The van der Waals surface area contributed by atoms with Crippen LogP contribution in [0.1, 0.15) is 19.3 Å². The number of benzene rings is 1. The molecular weight excluding hydrogens is 348 g/mol. The molecule has 2 aromatic rings. The maximum Gasteiger partial charge on any atom is 0.255 e. The Morgan fingerprint density at radius 3 is 2.85 bits per heavy atom. The van der Waals surface area contributed by atoms with Gasteiger partial charge in [-0.15, -0.1) is 0 Å². The Morgan fingerprint density at radius 2 is 2.00 bits per heavy atom. The molecular formula is C19H26N4O2S. The van der Waals surface area contributed by atoms with Gasteiger partial charge in [0.2, 0.25) is 0 Å². The van der Waals surface area contributed by atoms with Crippen molar-refractivity contribution in [2.24, 2.45) is 0 Å². The lowest BCUT2D eigenvalue weighted by molar-refractivity contribution is -0.157. The SMILES string of the molecule is CN1CCCC(O)(CN2CCCN(c3nc4ccccc4s3)CC2)C1=O. The highest BCUT2D eigenvalue weighted by atomic mass is 32.1. The van der Waals surface area contributed by atoms with Crippen LogP contribution in [0.3, 0.4) is 0 Å². The van der Waals surface area contributed by atoms with Gasteiger partial charge in [-0.3, -0.25) is 9.69 Å². The molecule has 2 saturated heterocycles. The number of thiazole rings is 1. The smallest absolute Gasteiger partial charge is 0.255 e. The molecule has 0 spiro atoms. The van der Waals surface area contributed by atoms with Crippen LogP contribution >= 0.6 is 11.3 Å². The first-order valence-corrected chi connectivity index (χ1v) is 10.2. The van der Waals surface area contributed by atoms with Crippen molar-refractivity contribution in [3.05, 3.63) is 24.3 Å². The van der Waals surface area contributed by atoms with Crippen molar-refractivity contribution in [1.29, 1.82) is 0 Å². The van der Waals surface area contributed by atoms with Crippen molar-refractivity contribution >= 4 is 32.6 Å². The number of para-hydroxylation sites is 1. The van der Waals surface area contributed by atoms with E-state index in [1.54, 1.807) is 23.3 Å². The molecule has 1 amide bonds. The Labute approximate surface area is 158 Å². The fourth-order valence-electron chi connectivity index (χ4n) is 4.00. The van der Waals surface area contributed by atoms with Gasteiger partial charge in [0.05, 0.1) is 10.2 Å². The minimum absolute atomic E-state index is 0.129. The van der Waals surface area contributed by atoms with Crippen LogP contribution in [0, 0.1) is 0 Å². The maximum absolute atomic E-state index is 12.4. The van der Waals surface area contributed by atoms with Crippen LogP contribution in [0.25, 0.3) is 10.2 Å². The molecule has 0 radical (unpaired) electrons. The van der Waals surface area contributed by atoms with Gasteiger partial charge in [0.15, 0.2) is 10.7 Å². The summed E-state index contributed by atoms with van der Waals surface area (Å²) in [4.78, 5) is 23.4. The number of fused-ring (bicyclic) bond motifs is 1. The van der Waals surface area contributed by atoms with E-state index in [9.17, 15) is 9.90 Å². The van der Waals surface area contributed by atoms with Gasteiger partial charge in [-0.2, -0.15) is 0 Å². The second-order valence-corrected chi connectivity index (χ2v) is 8.45. The molecule has 1 atom stereocenters. The maximum atomic E-state index is 12.4. The minimum atomic E-state index is -1.22. The number of aromatic nitrogens is 1. The third-order valence-electron chi connectivity index (χ3n) is 5.46. The molecule has 2 aliphatic heterocycles. The van der Waals surface area contributed by atoms with E-state index in [-0.39, 0.29) is 5.91 Å². The largest absolute Gasteiger partial charge is 0.379 e. The number of hydrogen-bond donors (Lipinski definition) is 1. The van der Waals surface area contributed by atoms with Crippen molar-refractivity contribution < 1.29 is 9.90 Å². The molecule has 0 aliphatic carbocycles. The molecule has 6 nitrogen and oxygen atoms in total. The number of β-amino-alcohol motifs (C(OH)–C–C–N with tert-alkyl or cyclic N) is 1. The van der Waals surface area contributed by atoms with Gasteiger partial charge in [-0.05, 0) is 31.4 Å². The number of anilines is 1. The van der Waals surface area contributed by atoms with Crippen molar-refractivity contribution in [1.82, 2.24) is 14.8 Å². The van der Waals surface area contributed by atoms with Crippen molar-refractivity contribution in [2.75, 3.05) is 51.2 Å². The molecule has 2 aliphatic rings. The zero-order chi connectivity index (χ0) is 18.1. The third kappa shape index (κ3) is 3.43. The summed E-state index contributed by atoms with van der Waals surface area (Å²) >= 11 is 1.74. The van der Waals surface area contributed by atoms with Crippen LogP contribution in [0.4, 0.5) is 5.13 Å². The molecule has 1 aromatic heterocycles. The number of amides is 1. The molecule has 1 unspecified atom stereocenters. The minimum Gasteiger partial charge on any atom is -0.379 e. The van der Waals surface area contributed by atoms with E-state index >= 15 is 0 Å². The van der Waals surface area contributed by atoms with Gasteiger partial charge in [0, 0.05) is 46.3 Å². The van der Waals surface area contributed by atoms with Gasteiger partial charge in [0.1, 0.15) is 0 Å². The molecule has 0 bridgehead atoms. The second-order valence-electron chi connectivity index (χ2n) is 7.44. The fourth-order valence-corrected chi connectivity index (χ4v) is 5.02. The van der Waals surface area contributed by atoms with Crippen molar-refractivity contribution in [2.45, 2.75) is 24.9 Å². The molecule has 1 N–H and O–H groups in total. The van der Waals surface area contributed by atoms with Gasteiger partial charge in [-0.25, -0.2) is 4.98 Å². The zero-order valence-electron chi connectivity index (χ0n) is 15.2. The molecule has 26 heavy (non-hydrogen) atoms. The number of carbonyl (C=O) groups is 1. The van der Waals surface area contributed by atoms with Crippen LogP contribution in [-0.2, 0) is 4.79 Å². The summed E-state index contributed by atoms with van der Waals surface area (Å²) in [5, 5.41) is 11.9. The quantitative estimate of drug-likeness (QED) is 0.888. The molecule has 1 aromatic carbocycles. The van der Waals surface area contributed by atoms with Crippen LogP contribution < -0.4 is 4.90 Å². The molecule has 3 heterocycles. The number of piperidine rings is 1. The normalized spacial score (nSPS) is 25.7. The van der Waals surface area contributed by atoms with Gasteiger partial charge >= 0.3 is 0 Å². The number of hydrogen-bond acceptors (Lipinski definition) is 6. The number of carbonyl (C=O) groups excluding carboxylic acids is 1. The van der Waals surface area contributed by atoms with E-state index in [1.165, 1.54) is 4.70 Å². The Bertz CT molecular complexity index is 762. The molecule has 0 saturated carbocycles. The van der Waals surface area contributed by atoms with E-state index < -0.39 is 5.60 Å². The van der Waals surface area contributed by atoms with Crippen molar-refractivity contribution in [3.63, 3.8) is 0 Å². The van der Waals surface area contributed by atoms with E-state index in [1.807, 2.05) is 12.1 Å². The van der Waals surface area contributed by atoms with Crippen molar-refractivity contribution in [3.8, 4) is 0 Å². The van der Waals surface area contributed by atoms with Crippen LogP contribution in [0.15, 0.2) is 24.3 Å². The van der Waals surface area contributed by atoms with Crippen LogP contribution in [0.2, 0.25) is 0 Å². The first kappa shape index (κ1) is 17.7. The lowest BCUT2D eigenvalue weighted by Gasteiger charge is -2.39. The lowest BCUT2D eigenvalue weighted by atomic mass is 9.91. The first-order valence-electron chi connectivity index (χ1n) is 9.36. The standard InChI is InChI=1S/C19H26N4O2S/c1-21-9-4-8-19(25,17(21)24)14-22-10-5-11-23(13-12-22)18-20-15-6-2-3-7-16(15)26-18/h2-3,6-7,25H,4-5,8-14H2,1H3. The average Bonchev–Trinajstić information content (AvgIpc) is 2.93. The summed E-state index contributed by atoms with van der Waals surface area (Å²) in [7, 11) is 1.78. The van der Waals surface area contributed by atoms with Gasteiger partial charge < -0.3 is 14.9 Å². The molecule has 2 fully saturated rings. The van der Waals surface area contributed by atoms with E-state index in [0.717, 1.165) is 56.2 Å². The summed E-state index contributed by atoms with van der Waals surface area (Å²) in [6.45, 7) is 4.76. The fraction of sp³-hybridized carbons (Fsp3) is 0.579. The van der Waals surface area contributed by atoms with E-state index in [2.05, 4.69) is 21.9 Å². The third-order valence-corrected chi connectivity index (χ3v) is 6.55. The zero-order valence-corrected chi connectivity index (χ0v) is 16.0. The number of rotatable bonds is 3. The monoisotopic (exact) mass is 374 g/mol. The van der Waals surface area contributed by atoms with Gasteiger partial charge in [-0.1, -0.05) is 23.5 Å². The predicted octanol–water partition coefficient (Wildman–Crippen LogP) is 1.79. The Balaban J connectivity index is 1.42. The Hall–Kier alpha value is -1.70. The highest BCUT2D eigenvalue weighted by molar-refractivity contribution is 7.22. The highest BCUT2D eigenvalue weighted by Crippen LogP contribution is 2.29. The molecule has 7 heteroatoms. The predicted molar refractivity (Wildman–Crippen MR) is 105 cm³/mol. The van der Waals surface area contributed by atoms with Gasteiger partial charge in [0.25, 0.3) is 5.91 Å². The highest BCUT2D eigenvalue weighted by Gasteiger charge is 2.42. The number of likely N-dealkylation sites (tertiary alicyclic amines) is 1. The number of nitrogens with zero attached hydrogens (tertiary/aromatic N) is 4. The molecule has 140 valence electrons. The Morgan fingerprint density at radius 1 is 1.15 bits per heavy atom. The summed E-state index contributed by atoms with van der Waals surface area (Å²) in [5.41, 5.74) is -0.170. The van der Waals surface area contributed by atoms with E-state index in [0.29, 0.717) is 13.0 Å². The molecule has 4 rings (SSSR count). The topological polar surface area (TPSA) is 59.9 Å². The number of aliphatic hydroxyl groups is 1. The number of likely N-dealkylation sites (N-methyl/N-ethyl adjacent to an activating group) is 1. The second kappa shape index (κ2) is 7.13. The van der Waals surface area contributed by atoms with Crippen LogP contribution in [-0.4, -0.2) is 77.7 Å². The summed E-state index contributed by atoms with van der Waals surface area (Å²) in [6, 6.07) is 8.24. The Kier molecular flexibility index (Phi) is 4.86. The van der Waals surface area contributed by atoms with E-state index in [4.69, 9.17) is 4.98 Å². The van der Waals surface area contributed by atoms with Crippen LogP contribution in [0.5, 0.6) is 0 Å².